The van der Waals surface area contributed by atoms with Gasteiger partial charge in [-0.25, -0.2) is 0 Å². The van der Waals surface area contributed by atoms with Gasteiger partial charge in [-0.2, -0.15) is 0 Å². The minimum Gasteiger partial charge on any atom is -0.338 e. The van der Waals surface area contributed by atoms with Crippen molar-refractivity contribution < 1.29 is 4.79 Å². The fourth-order valence-corrected chi connectivity index (χ4v) is 3.42. The smallest absolute Gasteiger partial charge is 0.222 e. The van der Waals surface area contributed by atoms with E-state index in [1.165, 1.54) is 0 Å². The standard InChI is InChI=1S/C19H30ClN3O/c1-4-22(14-13-21(2)3)18-9-10-19(24)23(12-11-18)15-16-5-7-17(20)8-6-16/h5-8,18H,4,9-15H2,1-3H3. The van der Waals surface area contributed by atoms with Crippen LogP contribution in [0.1, 0.15) is 31.7 Å². The number of carbonyl (C=O) groups is 1. The fraction of sp³-hybridized carbons (Fsp3) is 0.632. The van der Waals surface area contributed by atoms with Gasteiger partial charge >= 0.3 is 0 Å². The maximum Gasteiger partial charge on any atom is 0.222 e. The maximum absolute atomic E-state index is 12.5. The Balaban J connectivity index is 1.93. The second-order valence-corrected chi connectivity index (χ2v) is 7.29. The second kappa shape index (κ2) is 9.40. The van der Waals surface area contributed by atoms with E-state index in [4.69, 9.17) is 11.6 Å². The zero-order chi connectivity index (χ0) is 17.5. The lowest BCUT2D eigenvalue weighted by atomic mass is 10.1. The topological polar surface area (TPSA) is 26.8 Å². The molecule has 1 saturated heterocycles. The van der Waals surface area contributed by atoms with Gasteiger partial charge in [-0.1, -0.05) is 30.7 Å². The highest BCUT2D eigenvalue weighted by molar-refractivity contribution is 6.30. The monoisotopic (exact) mass is 351 g/mol. The minimum atomic E-state index is 0.274. The Bertz CT molecular complexity index is 518. The molecule has 0 N–H and O–H groups in total. The van der Waals surface area contributed by atoms with Gasteiger partial charge in [0.1, 0.15) is 0 Å². The van der Waals surface area contributed by atoms with Crippen LogP contribution in [0.5, 0.6) is 0 Å². The van der Waals surface area contributed by atoms with Gasteiger partial charge in [0.25, 0.3) is 0 Å². The molecule has 2 rings (SSSR count). The van der Waals surface area contributed by atoms with E-state index in [0.29, 0.717) is 19.0 Å². The second-order valence-electron chi connectivity index (χ2n) is 6.85. The molecule has 0 spiro atoms. The Labute approximate surface area is 151 Å². The first-order valence-corrected chi connectivity index (χ1v) is 9.28. The van der Waals surface area contributed by atoms with Gasteiger partial charge in [0.15, 0.2) is 0 Å². The normalized spacial score (nSPS) is 19.2. The lowest BCUT2D eigenvalue weighted by molar-refractivity contribution is -0.131. The number of likely N-dealkylation sites (N-methyl/N-ethyl adjacent to an activating group) is 2. The number of hydrogen-bond donors (Lipinski definition) is 0. The molecule has 1 aromatic carbocycles. The van der Waals surface area contributed by atoms with E-state index in [1.54, 1.807) is 0 Å². The van der Waals surface area contributed by atoms with Crippen molar-refractivity contribution in [1.29, 1.82) is 0 Å². The summed E-state index contributed by atoms with van der Waals surface area (Å²) in [7, 11) is 4.22. The molecule has 1 amide bonds. The molecule has 1 unspecified atom stereocenters. The van der Waals surface area contributed by atoms with E-state index >= 15 is 0 Å². The van der Waals surface area contributed by atoms with Crippen LogP contribution in [0.4, 0.5) is 0 Å². The number of halogens is 1. The molecule has 1 heterocycles. The molecule has 0 aliphatic carbocycles. The number of likely N-dealkylation sites (tertiary alicyclic amines) is 1. The van der Waals surface area contributed by atoms with E-state index in [2.05, 4.69) is 30.8 Å². The molecule has 4 nitrogen and oxygen atoms in total. The van der Waals surface area contributed by atoms with Gasteiger partial charge in [0.05, 0.1) is 0 Å². The van der Waals surface area contributed by atoms with Crippen LogP contribution in [0.2, 0.25) is 5.02 Å². The van der Waals surface area contributed by atoms with Crippen LogP contribution in [-0.4, -0.2) is 66.9 Å². The van der Waals surface area contributed by atoms with Gasteiger partial charge in [-0.05, 0) is 51.2 Å². The summed E-state index contributed by atoms with van der Waals surface area (Å²) in [6, 6.07) is 8.31. The van der Waals surface area contributed by atoms with Gasteiger partial charge in [0.2, 0.25) is 5.91 Å². The molecule has 0 radical (unpaired) electrons. The molecule has 24 heavy (non-hydrogen) atoms. The van der Waals surface area contributed by atoms with E-state index in [0.717, 1.165) is 49.6 Å². The highest BCUT2D eigenvalue weighted by Crippen LogP contribution is 2.20. The SMILES string of the molecule is CCN(CCN(C)C)C1CCC(=O)N(Cc2ccc(Cl)cc2)CC1. The molecule has 1 fully saturated rings. The highest BCUT2D eigenvalue weighted by Gasteiger charge is 2.25. The van der Waals surface area contributed by atoms with Gasteiger partial charge in [-0.3, -0.25) is 9.69 Å². The van der Waals surface area contributed by atoms with Crippen LogP contribution in [0.3, 0.4) is 0 Å². The van der Waals surface area contributed by atoms with Crippen molar-refractivity contribution in [2.45, 2.75) is 38.8 Å². The summed E-state index contributed by atoms with van der Waals surface area (Å²) in [6.07, 6.45) is 2.68. The number of hydrogen-bond acceptors (Lipinski definition) is 3. The first-order valence-electron chi connectivity index (χ1n) is 8.90. The van der Waals surface area contributed by atoms with Crippen molar-refractivity contribution in [1.82, 2.24) is 14.7 Å². The minimum absolute atomic E-state index is 0.274. The van der Waals surface area contributed by atoms with Crippen molar-refractivity contribution in [2.75, 3.05) is 40.3 Å². The molecule has 1 aromatic rings. The summed E-state index contributed by atoms with van der Waals surface area (Å²) in [5.41, 5.74) is 1.14. The summed E-state index contributed by atoms with van der Waals surface area (Å²) < 4.78 is 0. The summed E-state index contributed by atoms with van der Waals surface area (Å²) in [5.74, 6) is 0.274. The summed E-state index contributed by atoms with van der Waals surface area (Å²) in [5, 5.41) is 0.737. The molecule has 0 bridgehead atoms. The molecule has 1 atom stereocenters. The average Bonchev–Trinajstić information content (AvgIpc) is 2.73. The quantitative estimate of drug-likeness (QED) is 0.755. The van der Waals surface area contributed by atoms with E-state index in [9.17, 15) is 4.79 Å². The summed E-state index contributed by atoms with van der Waals surface area (Å²) in [4.78, 5) is 19.2. The number of nitrogens with zero attached hydrogens (tertiary/aromatic N) is 3. The number of carbonyl (C=O) groups excluding carboxylic acids is 1. The number of rotatable bonds is 7. The maximum atomic E-state index is 12.5. The zero-order valence-electron chi connectivity index (χ0n) is 15.2. The lowest BCUT2D eigenvalue weighted by Crippen LogP contribution is -2.40. The van der Waals surface area contributed by atoms with Crippen molar-refractivity contribution in [3.05, 3.63) is 34.9 Å². The molecule has 0 aromatic heterocycles. The zero-order valence-corrected chi connectivity index (χ0v) is 15.9. The summed E-state index contributed by atoms with van der Waals surface area (Å²) >= 11 is 5.94. The molecule has 1 aliphatic rings. The third kappa shape index (κ3) is 5.76. The molecule has 0 saturated carbocycles. The predicted molar refractivity (Wildman–Crippen MR) is 100 cm³/mol. The van der Waals surface area contributed by atoms with Crippen molar-refractivity contribution in [3.63, 3.8) is 0 Å². The lowest BCUT2D eigenvalue weighted by Gasteiger charge is -2.31. The van der Waals surface area contributed by atoms with Crippen LogP contribution < -0.4 is 0 Å². The van der Waals surface area contributed by atoms with Crippen LogP contribution >= 0.6 is 11.6 Å². The largest absolute Gasteiger partial charge is 0.338 e. The van der Waals surface area contributed by atoms with Crippen LogP contribution in [0.15, 0.2) is 24.3 Å². The highest BCUT2D eigenvalue weighted by atomic mass is 35.5. The number of benzene rings is 1. The van der Waals surface area contributed by atoms with Gasteiger partial charge in [0, 0.05) is 43.7 Å². The summed E-state index contributed by atoms with van der Waals surface area (Å²) in [6.45, 7) is 6.92. The van der Waals surface area contributed by atoms with Gasteiger partial charge < -0.3 is 9.80 Å². The number of amides is 1. The van der Waals surface area contributed by atoms with Crippen molar-refractivity contribution >= 4 is 17.5 Å². The fourth-order valence-electron chi connectivity index (χ4n) is 3.29. The molecular weight excluding hydrogens is 322 g/mol. The van der Waals surface area contributed by atoms with Crippen molar-refractivity contribution in [3.8, 4) is 0 Å². The Hall–Kier alpha value is -1.10. The third-order valence-corrected chi connectivity index (χ3v) is 5.07. The third-order valence-electron chi connectivity index (χ3n) is 4.82. The Morgan fingerprint density at radius 3 is 2.50 bits per heavy atom. The Kier molecular flexibility index (Phi) is 7.53. The van der Waals surface area contributed by atoms with E-state index in [1.807, 2.05) is 29.2 Å². The van der Waals surface area contributed by atoms with Crippen LogP contribution in [0, 0.1) is 0 Å². The molecular formula is C19H30ClN3O. The van der Waals surface area contributed by atoms with Crippen LogP contribution in [0.25, 0.3) is 0 Å². The Morgan fingerprint density at radius 2 is 1.88 bits per heavy atom. The van der Waals surface area contributed by atoms with Crippen LogP contribution in [-0.2, 0) is 11.3 Å². The average molecular weight is 352 g/mol. The predicted octanol–water partition coefficient (Wildman–Crippen LogP) is 3.10. The first kappa shape index (κ1) is 19.2. The molecule has 134 valence electrons. The van der Waals surface area contributed by atoms with E-state index in [-0.39, 0.29) is 5.91 Å². The molecule has 1 aliphatic heterocycles. The molecule has 5 heteroatoms. The van der Waals surface area contributed by atoms with Crippen molar-refractivity contribution in [2.24, 2.45) is 0 Å². The first-order chi connectivity index (χ1) is 11.5. The van der Waals surface area contributed by atoms with Gasteiger partial charge in [-0.15, -0.1) is 0 Å². The van der Waals surface area contributed by atoms with E-state index < -0.39 is 0 Å². The Morgan fingerprint density at radius 1 is 1.17 bits per heavy atom.